The molecule has 2 rings (SSSR count). The number of amides is 1. The third kappa shape index (κ3) is 4.56. The van der Waals surface area contributed by atoms with Crippen LogP contribution in [0.2, 0.25) is 0 Å². The fourth-order valence-corrected chi connectivity index (χ4v) is 2.28. The Bertz CT molecular complexity index is 629. The molecule has 0 aliphatic carbocycles. The van der Waals surface area contributed by atoms with Crippen LogP contribution < -0.4 is 5.32 Å². The quantitative estimate of drug-likeness (QED) is 0.803. The van der Waals surface area contributed by atoms with Gasteiger partial charge in [-0.2, -0.15) is 0 Å². The van der Waals surface area contributed by atoms with Gasteiger partial charge in [0.25, 0.3) is 0 Å². The van der Waals surface area contributed by atoms with E-state index in [0.717, 1.165) is 17.8 Å². The maximum atomic E-state index is 13.4. The van der Waals surface area contributed by atoms with E-state index in [4.69, 9.17) is 0 Å². The molecule has 112 valence electrons. The Kier molecular flexibility index (Phi) is 5.32. The summed E-state index contributed by atoms with van der Waals surface area (Å²) in [5.41, 5.74) is 1.33. The normalized spacial score (nSPS) is 10.6. The molecule has 0 unspecified atom stereocenters. The van der Waals surface area contributed by atoms with Gasteiger partial charge in [-0.25, -0.2) is 9.37 Å². The summed E-state index contributed by atoms with van der Waals surface area (Å²) in [5, 5.41) is 10.1. The molecule has 0 spiro atoms. The summed E-state index contributed by atoms with van der Waals surface area (Å²) in [6.07, 6.45) is 0.777. The highest BCUT2D eigenvalue weighted by Crippen LogP contribution is 2.12. The lowest BCUT2D eigenvalue weighted by Crippen LogP contribution is -2.24. The van der Waals surface area contributed by atoms with Crippen molar-refractivity contribution in [3.8, 4) is 0 Å². The van der Waals surface area contributed by atoms with Crippen LogP contribution >= 0.6 is 11.8 Å². The molecule has 0 atom stereocenters. The van der Waals surface area contributed by atoms with E-state index in [1.165, 1.54) is 17.8 Å². The molecular weight excluding hydrogens is 291 g/mol. The Labute approximate surface area is 126 Å². The van der Waals surface area contributed by atoms with Gasteiger partial charge in [0.05, 0.1) is 5.75 Å². The minimum absolute atomic E-state index is 0.135. The molecule has 0 aliphatic heterocycles. The molecule has 0 radical (unpaired) electrons. The van der Waals surface area contributed by atoms with E-state index in [-0.39, 0.29) is 17.5 Å². The Balaban J connectivity index is 1.77. The summed E-state index contributed by atoms with van der Waals surface area (Å²) >= 11 is 1.27. The lowest BCUT2D eigenvalue weighted by molar-refractivity contribution is -0.118. The molecule has 0 bridgehead atoms. The van der Waals surface area contributed by atoms with Crippen LogP contribution in [0, 0.1) is 12.7 Å². The van der Waals surface area contributed by atoms with E-state index in [2.05, 4.69) is 20.5 Å². The lowest BCUT2D eigenvalue weighted by Gasteiger charge is -2.05. The van der Waals surface area contributed by atoms with E-state index in [9.17, 15) is 9.18 Å². The van der Waals surface area contributed by atoms with Crippen LogP contribution in [0.5, 0.6) is 0 Å². The second-order valence-corrected chi connectivity index (χ2v) is 5.51. The molecule has 1 heterocycles. The first-order valence-corrected chi connectivity index (χ1v) is 7.63. The van der Waals surface area contributed by atoms with Crippen molar-refractivity contribution < 1.29 is 9.18 Å². The number of nitrogens with one attached hydrogen (secondary N) is 2. The maximum absolute atomic E-state index is 13.4. The van der Waals surface area contributed by atoms with Crippen molar-refractivity contribution in [2.24, 2.45) is 0 Å². The second kappa shape index (κ2) is 7.21. The minimum Gasteiger partial charge on any atom is -0.351 e. The molecule has 0 fully saturated rings. The van der Waals surface area contributed by atoms with Crippen molar-refractivity contribution in [3.63, 3.8) is 0 Å². The van der Waals surface area contributed by atoms with Gasteiger partial charge < -0.3 is 5.32 Å². The molecule has 5 nitrogen and oxygen atoms in total. The van der Waals surface area contributed by atoms with E-state index in [1.807, 2.05) is 6.92 Å². The summed E-state index contributed by atoms with van der Waals surface area (Å²) in [7, 11) is 0. The molecular formula is C14H17FN4OS. The number of H-pyrrole nitrogens is 1. The van der Waals surface area contributed by atoms with E-state index in [0.29, 0.717) is 17.3 Å². The summed E-state index contributed by atoms with van der Waals surface area (Å²) in [5.74, 6) is 0.635. The smallest absolute Gasteiger partial charge is 0.230 e. The van der Waals surface area contributed by atoms with Crippen LogP contribution in [-0.2, 0) is 17.8 Å². The molecule has 7 heteroatoms. The molecule has 2 aromatic rings. The Morgan fingerprint density at radius 1 is 1.48 bits per heavy atom. The van der Waals surface area contributed by atoms with Crippen LogP contribution in [0.4, 0.5) is 4.39 Å². The number of nitrogens with zero attached hydrogens (tertiary/aromatic N) is 2. The minimum atomic E-state index is -0.260. The third-order valence-corrected chi connectivity index (χ3v) is 3.75. The van der Waals surface area contributed by atoms with Crippen molar-refractivity contribution in [1.29, 1.82) is 0 Å². The van der Waals surface area contributed by atoms with Crippen LogP contribution in [0.1, 0.15) is 23.9 Å². The van der Waals surface area contributed by atoms with Gasteiger partial charge in [0, 0.05) is 13.0 Å². The number of aromatic amines is 1. The number of benzene rings is 1. The highest BCUT2D eigenvalue weighted by atomic mass is 32.2. The van der Waals surface area contributed by atoms with Gasteiger partial charge in [-0.3, -0.25) is 9.89 Å². The van der Waals surface area contributed by atoms with Crippen molar-refractivity contribution in [1.82, 2.24) is 20.5 Å². The molecule has 1 aromatic carbocycles. The van der Waals surface area contributed by atoms with E-state index in [1.54, 1.807) is 19.1 Å². The maximum Gasteiger partial charge on any atom is 0.230 e. The fourth-order valence-electron chi connectivity index (χ4n) is 1.63. The Morgan fingerprint density at radius 3 is 2.95 bits per heavy atom. The zero-order chi connectivity index (χ0) is 15.2. The predicted molar refractivity (Wildman–Crippen MR) is 79.5 cm³/mol. The highest BCUT2D eigenvalue weighted by molar-refractivity contribution is 7.99. The lowest BCUT2D eigenvalue weighted by atomic mass is 10.1. The largest absolute Gasteiger partial charge is 0.351 e. The van der Waals surface area contributed by atoms with Crippen molar-refractivity contribution in [2.75, 3.05) is 5.75 Å². The van der Waals surface area contributed by atoms with Crippen LogP contribution in [0.3, 0.4) is 0 Å². The van der Waals surface area contributed by atoms with Crippen molar-refractivity contribution >= 4 is 17.7 Å². The molecule has 1 amide bonds. The molecule has 0 saturated carbocycles. The average Bonchev–Trinajstić information content (AvgIpc) is 2.94. The summed E-state index contributed by atoms with van der Waals surface area (Å²) < 4.78 is 13.4. The Morgan fingerprint density at radius 2 is 2.29 bits per heavy atom. The van der Waals surface area contributed by atoms with Crippen molar-refractivity contribution in [2.45, 2.75) is 32.0 Å². The van der Waals surface area contributed by atoms with Crippen molar-refractivity contribution in [3.05, 3.63) is 41.0 Å². The van der Waals surface area contributed by atoms with Crippen LogP contribution in [0.25, 0.3) is 0 Å². The van der Waals surface area contributed by atoms with Gasteiger partial charge in [-0.15, -0.1) is 5.10 Å². The number of hydrogen-bond donors (Lipinski definition) is 2. The van der Waals surface area contributed by atoms with Gasteiger partial charge in [0.2, 0.25) is 11.1 Å². The van der Waals surface area contributed by atoms with Gasteiger partial charge >= 0.3 is 0 Å². The number of carbonyl (C=O) groups is 1. The number of aryl methyl sites for hydroxylation is 2. The summed E-state index contributed by atoms with van der Waals surface area (Å²) in [4.78, 5) is 15.9. The second-order valence-electron chi connectivity index (χ2n) is 4.57. The zero-order valence-corrected chi connectivity index (χ0v) is 12.8. The number of carbonyl (C=O) groups excluding carboxylic acids is 1. The number of halogens is 1. The molecule has 2 N–H and O–H groups in total. The number of thioether (sulfide) groups is 1. The average molecular weight is 308 g/mol. The SMILES string of the molecule is CCc1nc(SCC(=O)NCc2ccc(C)c(F)c2)n[nH]1. The molecule has 21 heavy (non-hydrogen) atoms. The van der Waals surface area contributed by atoms with Gasteiger partial charge in [0.1, 0.15) is 11.6 Å². The fraction of sp³-hybridized carbons (Fsp3) is 0.357. The topological polar surface area (TPSA) is 70.7 Å². The van der Waals surface area contributed by atoms with E-state index >= 15 is 0 Å². The van der Waals surface area contributed by atoms with Crippen LogP contribution in [-0.4, -0.2) is 26.8 Å². The zero-order valence-electron chi connectivity index (χ0n) is 11.9. The third-order valence-electron chi connectivity index (χ3n) is 2.90. The highest BCUT2D eigenvalue weighted by Gasteiger charge is 2.07. The molecule has 0 aliphatic rings. The first-order valence-electron chi connectivity index (χ1n) is 6.64. The Hall–Kier alpha value is -1.89. The standard InChI is InChI=1S/C14H17FN4OS/c1-3-12-17-14(19-18-12)21-8-13(20)16-7-10-5-4-9(2)11(15)6-10/h4-6H,3,7-8H2,1-2H3,(H,16,20)(H,17,18,19). The van der Waals surface area contributed by atoms with E-state index < -0.39 is 0 Å². The first kappa shape index (κ1) is 15.5. The van der Waals surface area contributed by atoms with Gasteiger partial charge in [0.15, 0.2) is 0 Å². The first-order chi connectivity index (χ1) is 10.1. The van der Waals surface area contributed by atoms with Gasteiger partial charge in [-0.1, -0.05) is 30.8 Å². The molecule has 1 aromatic heterocycles. The summed E-state index contributed by atoms with van der Waals surface area (Å²) in [6, 6.07) is 4.94. The van der Waals surface area contributed by atoms with Gasteiger partial charge in [-0.05, 0) is 24.1 Å². The number of hydrogen-bond acceptors (Lipinski definition) is 4. The van der Waals surface area contributed by atoms with Crippen LogP contribution in [0.15, 0.2) is 23.4 Å². The molecule has 0 saturated heterocycles. The monoisotopic (exact) mass is 308 g/mol. The number of aromatic nitrogens is 3. The predicted octanol–water partition coefficient (Wildman–Crippen LogP) is 2.22. The number of rotatable bonds is 6. The summed E-state index contributed by atoms with van der Waals surface area (Å²) in [6.45, 7) is 3.99.